The van der Waals surface area contributed by atoms with Gasteiger partial charge in [-0.15, -0.1) is 0 Å². The van der Waals surface area contributed by atoms with Crippen molar-refractivity contribution in [3.63, 3.8) is 0 Å². The van der Waals surface area contributed by atoms with Crippen LogP contribution in [0.4, 0.5) is 0 Å². The molecule has 0 aromatic heterocycles. The normalized spacial score (nSPS) is 15.8. The van der Waals surface area contributed by atoms with Gasteiger partial charge < -0.3 is 4.74 Å². The highest BCUT2D eigenvalue weighted by Gasteiger charge is 2.43. The highest BCUT2D eigenvalue weighted by atomic mass is 79.9. The molecule has 1 saturated carbocycles. The molecule has 1 aliphatic carbocycles. The van der Waals surface area contributed by atoms with Crippen molar-refractivity contribution in [2.45, 2.75) is 26.2 Å². The summed E-state index contributed by atoms with van der Waals surface area (Å²) >= 11 is 3.37. The molecular formula is C14H14BrNO2. The van der Waals surface area contributed by atoms with E-state index in [4.69, 9.17) is 10.00 Å². The molecular weight excluding hydrogens is 294 g/mol. The Kier molecular flexibility index (Phi) is 3.72. The number of nitriles is 1. The number of carbonyl (C=O) groups excluding carboxylic acids is 1. The molecule has 0 saturated heterocycles. The third-order valence-electron chi connectivity index (χ3n) is 3.27. The quantitative estimate of drug-likeness (QED) is 0.779. The van der Waals surface area contributed by atoms with E-state index in [2.05, 4.69) is 22.0 Å². The minimum atomic E-state index is -0.0115. The van der Waals surface area contributed by atoms with Crippen LogP contribution < -0.4 is 4.74 Å². The predicted octanol–water partition coefficient (Wildman–Crippen LogP) is 3.72. The number of carbonyl (C=O) groups is 1. The maximum Gasteiger partial charge on any atom is 0.163 e. The van der Waals surface area contributed by atoms with Crippen molar-refractivity contribution >= 4 is 21.7 Å². The van der Waals surface area contributed by atoms with Crippen LogP contribution in [0.2, 0.25) is 0 Å². The zero-order valence-electron chi connectivity index (χ0n) is 10.2. The Balaban J connectivity index is 2.11. The van der Waals surface area contributed by atoms with Gasteiger partial charge in [-0.05, 0) is 38.0 Å². The van der Waals surface area contributed by atoms with Gasteiger partial charge in [0.05, 0.1) is 18.2 Å². The van der Waals surface area contributed by atoms with Crippen LogP contribution in [0, 0.1) is 16.7 Å². The molecule has 3 nitrogen and oxygen atoms in total. The first-order valence-corrected chi connectivity index (χ1v) is 6.66. The first kappa shape index (κ1) is 13.1. The fourth-order valence-electron chi connectivity index (χ4n) is 1.85. The van der Waals surface area contributed by atoms with Crippen LogP contribution in [-0.4, -0.2) is 12.4 Å². The van der Waals surface area contributed by atoms with E-state index in [9.17, 15) is 4.79 Å². The van der Waals surface area contributed by atoms with Crippen molar-refractivity contribution in [1.82, 2.24) is 0 Å². The number of hydrogen-bond donors (Lipinski definition) is 0. The molecule has 2 rings (SSSR count). The smallest absolute Gasteiger partial charge is 0.163 e. The van der Waals surface area contributed by atoms with Crippen LogP contribution >= 0.6 is 15.9 Å². The summed E-state index contributed by atoms with van der Waals surface area (Å²) in [5, 5.41) is 8.76. The lowest BCUT2D eigenvalue weighted by molar-refractivity contribution is 0.101. The zero-order valence-corrected chi connectivity index (χ0v) is 11.8. The molecule has 0 heterocycles. The first-order chi connectivity index (χ1) is 8.56. The fourth-order valence-corrected chi connectivity index (χ4v) is 2.19. The summed E-state index contributed by atoms with van der Waals surface area (Å²) in [5.74, 6) is 0.587. The van der Waals surface area contributed by atoms with E-state index >= 15 is 0 Å². The SMILES string of the molecule is CC(=O)c1ccc(Br)cc1OCC1(CC#N)CC1. The van der Waals surface area contributed by atoms with Crippen molar-refractivity contribution in [2.75, 3.05) is 6.61 Å². The van der Waals surface area contributed by atoms with E-state index in [1.807, 2.05) is 6.07 Å². The molecule has 0 N–H and O–H groups in total. The molecule has 0 radical (unpaired) electrons. The molecule has 1 aromatic carbocycles. The molecule has 0 aliphatic heterocycles. The second kappa shape index (κ2) is 5.11. The molecule has 0 amide bonds. The maximum atomic E-state index is 11.5. The first-order valence-electron chi connectivity index (χ1n) is 5.87. The Labute approximate surface area is 115 Å². The van der Waals surface area contributed by atoms with Gasteiger partial charge in [0.25, 0.3) is 0 Å². The van der Waals surface area contributed by atoms with E-state index < -0.39 is 0 Å². The number of ether oxygens (including phenoxy) is 1. The molecule has 0 spiro atoms. The van der Waals surface area contributed by atoms with Crippen molar-refractivity contribution in [3.05, 3.63) is 28.2 Å². The van der Waals surface area contributed by atoms with Crippen LogP contribution in [0.25, 0.3) is 0 Å². The van der Waals surface area contributed by atoms with E-state index in [0.717, 1.165) is 17.3 Å². The Morgan fingerprint density at radius 1 is 1.56 bits per heavy atom. The minimum absolute atomic E-state index is 0.0115. The number of halogens is 1. The van der Waals surface area contributed by atoms with Crippen LogP contribution in [0.15, 0.2) is 22.7 Å². The molecule has 0 atom stereocenters. The highest BCUT2D eigenvalue weighted by molar-refractivity contribution is 9.10. The number of ketones is 1. The molecule has 1 fully saturated rings. The summed E-state index contributed by atoms with van der Waals surface area (Å²) in [7, 11) is 0. The monoisotopic (exact) mass is 307 g/mol. The van der Waals surface area contributed by atoms with Crippen molar-refractivity contribution in [3.8, 4) is 11.8 Å². The summed E-state index contributed by atoms with van der Waals surface area (Å²) in [4.78, 5) is 11.5. The van der Waals surface area contributed by atoms with Gasteiger partial charge in [0.15, 0.2) is 5.78 Å². The maximum absolute atomic E-state index is 11.5. The summed E-state index contributed by atoms with van der Waals surface area (Å²) in [6.45, 7) is 2.04. The van der Waals surface area contributed by atoms with Gasteiger partial charge in [-0.1, -0.05) is 15.9 Å². The Morgan fingerprint density at radius 2 is 2.28 bits per heavy atom. The number of rotatable bonds is 5. The largest absolute Gasteiger partial charge is 0.492 e. The lowest BCUT2D eigenvalue weighted by atomic mass is 10.1. The van der Waals surface area contributed by atoms with Gasteiger partial charge >= 0.3 is 0 Å². The summed E-state index contributed by atoms with van der Waals surface area (Å²) in [6.07, 6.45) is 2.59. The lowest BCUT2D eigenvalue weighted by Gasteiger charge is -2.15. The Morgan fingerprint density at radius 3 is 2.83 bits per heavy atom. The van der Waals surface area contributed by atoms with Gasteiger partial charge in [-0.3, -0.25) is 4.79 Å². The van der Waals surface area contributed by atoms with Crippen molar-refractivity contribution in [2.24, 2.45) is 5.41 Å². The topological polar surface area (TPSA) is 50.1 Å². The van der Waals surface area contributed by atoms with Gasteiger partial charge in [0, 0.05) is 16.3 Å². The third-order valence-corrected chi connectivity index (χ3v) is 3.76. The zero-order chi connectivity index (χ0) is 13.2. The fraction of sp³-hybridized carbons (Fsp3) is 0.429. The van der Waals surface area contributed by atoms with E-state index in [1.165, 1.54) is 6.92 Å². The number of nitrogens with zero attached hydrogens (tertiary/aromatic N) is 1. The second-order valence-corrected chi connectivity index (χ2v) is 5.74. The number of hydrogen-bond acceptors (Lipinski definition) is 3. The van der Waals surface area contributed by atoms with Gasteiger partial charge in [0.2, 0.25) is 0 Å². The van der Waals surface area contributed by atoms with Crippen LogP contribution in [0.1, 0.15) is 36.5 Å². The standard InChI is InChI=1S/C14H14BrNO2/c1-10(17)12-3-2-11(15)8-13(12)18-9-14(4-5-14)6-7-16/h2-3,8H,4-6,9H2,1H3. The molecule has 94 valence electrons. The van der Waals surface area contributed by atoms with E-state index in [1.54, 1.807) is 12.1 Å². The minimum Gasteiger partial charge on any atom is -0.492 e. The molecule has 1 aliphatic rings. The molecule has 1 aromatic rings. The Hall–Kier alpha value is -1.34. The van der Waals surface area contributed by atoms with Crippen LogP contribution in [-0.2, 0) is 0 Å². The van der Waals surface area contributed by atoms with Crippen molar-refractivity contribution in [1.29, 1.82) is 5.26 Å². The second-order valence-electron chi connectivity index (χ2n) is 4.82. The average molecular weight is 308 g/mol. The molecule has 18 heavy (non-hydrogen) atoms. The van der Waals surface area contributed by atoms with E-state index in [-0.39, 0.29) is 11.2 Å². The van der Waals surface area contributed by atoms with E-state index in [0.29, 0.717) is 24.3 Å². The van der Waals surface area contributed by atoms with Crippen LogP contribution in [0.5, 0.6) is 5.75 Å². The third kappa shape index (κ3) is 2.91. The summed E-state index contributed by atoms with van der Waals surface area (Å²) in [6, 6.07) is 7.58. The molecule has 4 heteroatoms. The van der Waals surface area contributed by atoms with Crippen LogP contribution in [0.3, 0.4) is 0 Å². The number of benzene rings is 1. The Bertz CT molecular complexity index is 515. The van der Waals surface area contributed by atoms with Crippen molar-refractivity contribution < 1.29 is 9.53 Å². The highest BCUT2D eigenvalue weighted by Crippen LogP contribution is 2.48. The number of Topliss-reactive ketones (excluding diaryl/α,β-unsaturated/α-hetero) is 1. The lowest BCUT2D eigenvalue weighted by Crippen LogP contribution is -2.13. The van der Waals surface area contributed by atoms with Gasteiger partial charge in [-0.25, -0.2) is 0 Å². The average Bonchev–Trinajstić information content (AvgIpc) is 3.07. The summed E-state index contributed by atoms with van der Waals surface area (Å²) in [5.41, 5.74) is 0.608. The van der Waals surface area contributed by atoms with Gasteiger partial charge in [0.1, 0.15) is 5.75 Å². The molecule has 0 bridgehead atoms. The summed E-state index contributed by atoms with van der Waals surface area (Å²) < 4.78 is 6.64. The molecule has 0 unspecified atom stereocenters. The van der Waals surface area contributed by atoms with Gasteiger partial charge in [-0.2, -0.15) is 5.26 Å². The predicted molar refractivity (Wildman–Crippen MR) is 71.5 cm³/mol.